The van der Waals surface area contributed by atoms with E-state index in [1.54, 1.807) is 11.3 Å². The largest absolute Gasteiger partial charge is 0.388 e. The number of amides is 2. The van der Waals surface area contributed by atoms with Crippen molar-refractivity contribution in [2.45, 2.75) is 31.4 Å². The number of hydrogen-bond acceptors (Lipinski definition) is 3. The van der Waals surface area contributed by atoms with Gasteiger partial charge in [-0.25, -0.2) is 4.79 Å². The summed E-state index contributed by atoms with van der Waals surface area (Å²) in [7, 11) is 0. The molecular formula is C17H20N2O2S. The molecular weight excluding hydrogens is 296 g/mol. The Kier molecular flexibility index (Phi) is 4.45. The molecule has 0 saturated heterocycles. The molecule has 22 heavy (non-hydrogen) atoms. The van der Waals surface area contributed by atoms with Gasteiger partial charge in [0.25, 0.3) is 0 Å². The Morgan fingerprint density at radius 2 is 2.00 bits per heavy atom. The number of hydrogen-bond donors (Lipinski definition) is 3. The van der Waals surface area contributed by atoms with Crippen molar-refractivity contribution in [3.63, 3.8) is 0 Å². The van der Waals surface area contributed by atoms with Crippen LogP contribution in [0.3, 0.4) is 0 Å². The van der Waals surface area contributed by atoms with Crippen LogP contribution in [-0.2, 0) is 19.4 Å². The van der Waals surface area contributed by atoms with Crippen LogP contribution in [0.4, 0.5) is 4.79 Å². The first kappa shape index (κ1) is 15.1. The van der Waals surface area contributed by atoms with Gasteiger partial charge in [-0.3, -0.25) is 0 Å². The second-order valence-corrected chi connectivity index (χ2v) is 6.82. The molecule has 116 valence electrons. The van der Waals surface area contributed by atoms with Crippen molar-refractivity contribution < 1.29 is 9.90 Å². The maximum atomic E-state index is 11.8. The van der Waals surface area contributed by atoms with Crippen LogP contribution in [0.25, 0.3) is 0 Å². The number of benzene rings is 1. The molecule has 0 bridgehead atoms. The predicted octanol–water partition coefficient (Wildman–Crippen LogP) is 2.47. The van der Waals surface area contributed by atoms with Crippen LogP contribution < -0.4 is 10.6 Å². The van der Waals surface area contributed by atoms with Crippen molar-refractivity contribution >= 4 is 17.4 Å². The van der Waals surface area contributed by atoms with E-state index in [4.69, 9.17) is 0 Å². The summed E-state index contributed by atoms with van der Waals surface area (Å²) in [5, 5.41) is 18.3. The van der Waals surface area contributed by atoms with Crippen molar-refractivity contribution in [1.82, 2.24) is 10.6 Å². The Bertz CT molecular complexity index is 642. The van der Waals surface area contributed by atoms with E-state index in [0.717, 1.165) is 11.3 Å². The summed E-state index contributed by atoms with van der Waals surface area (Å²) in [4.78, 5) is 13.0. The van der Waals surface area contributed by atoms with Crippen molar-refractivity contribution in [1.29, 1.82) is 0 Å². The molecule has 5 heteroatoms. The van der Waals surface area contributed by atoms with Gasteiger partial charge in [-0.2, -0.15) is 0 Å². The Balaban J connectivity index is 1.49. The van der Waals surface area contributed by atoms with E-state index in [2.05, 4.69) is 22.8 Å². The van der Waals surface area contributed by atoms with E-state index in [-0.39, 0.29) is 12.6 Å². The second kappa shape index (κ2) is 6.50. The van der Waals surface area contributed by atoms with Crippen LogP contribution >= 0.6 is 11.3 Å². The lowest BCUT2D eigenvalue weighted by atomic mass is 9.80. The highest BCUT2D eigenvalue weighted by molar-refractivity contribution is 7.09. The summed E-state index contributed by atoms with van der Waals surface area (Å²) in [6.07, 6.45) is 2.12. The number of aryl methyl sites for hydroxylation is 1. The average Bonchev–Trinajstić information content (AvgIpc) is 3.04. The fourth-order valence-corrected chi connectivity index (χ4v) is 3.47. The van der Waals surface area contributed by atoms with Crippen LogP contribution in [0.1, 0.15) is 22.4 Å². The van der Waals surface area contributed by atoms with Gasteiger partial charge in [0.2, 0.25) is 0 Å². The third-order valence-electron chi connectivity index (χ3n) is 4.08. The Hall–Kier alpha value is -1.85. The first-order chi connectivity index (χ1) is 10.6. The topological polar surface area (TPSA) is 61.4 Å². The summed E-state index contributed by atoms with van der Waals surface area (Å²) in [6, 6.07) is 11.9. The molecule has 0 spiro atoms. The number of urea groups is 1. The summed E-state index contributed by atoms with van der Waals surface area (Å²) in [6.45, 7) is 0.794. The zero-order valence-electron chi connectivity index (χ0n) is 12.3. The minimum atomic E-state index is -0.853. The van der Waals surface area contributed by atoms with Crippen molar-refractivity contribution in [2.24, 2.45) is 0 Å². The van der Waals surface area contributed by atoms with E-state index in [0.29, 0.717) is 19.4 Å². The minimum Gasteiger partial charge on any atom is -0.388 e. The minimum absolute atomic E-state index is 0.235. The van der Waals surface area contributed by atoms with Gasteiger partial charge in [0, 0.05) is 17.8 Å². The normalized spacial score (nSPS) is 20.2. The molecule has 0 aliphatic heterocycles. The van der Waals surface area contributed by atoms with Crippen LogP contribution in [-0.4, -0.2) is 23.3 Å². The van der Waals surface area contributed by atoms with Crippen LogP contribution in [0.5, 0.6) is 0 Å². The zero-order valence-corrected chi connectivity index (χ0v) is 13.2. The number of nitrogens with one attached hydrogen (secondary N) is 2. The number of carbonyl (C=O) groups is 1. The third kappa shape index (κ3) is 3.67. The van der Waals surface area contributed by atoms with Crippen molar-refractivity contribution in [3.8, 4) is 0 Å². The van der Waals surface area contributed by atoms with Gasteiger partial charge in [0.1, 0.15) is 0 Å². The Morgan fingerprint density at radius 3 is 2.77 bits per heavy atom. The summed E-state index contributed by atoms with van der Waals surface area (Å²) in [5.74, 6) is 0. The molecule has 4 nitrogen and oxygen atoms in total. The van der Waals surface area contributed by atoms with Crippen molar-refractivity contribution in [2.75, 3.05) is 6.54 Å². The quantitative estimate of drug-likeness (QED) is 0.811. The maximum Gasteiger partial charge on any atom is 0.315 e. The molecule has 1 aromatic carbocycles. The molecule has 1 aliphatic carbocycles. The Labute approximate surface area is 134 Å². The van der Waals surface area contributed by atoms with Gasteiger partial charge in [0.05, 0.1) is 12.1 Å². The smallest absolute Gasteiger partial charge is 0.315 e. The number of aliphatic hydroxyl groups is 1. The summed E-state index contributed by atoms with van der Waals surface area (Å²) in [5.41, 5.74) is 1.63. The van der Waals surface area contributed by atoms with E-state index >= 15 is 0 Å². The fraction of sp³-hybridized carbons (Fsp3) is 0.353. The molecule has 1 aromatic heterocycles. The molecule has 0 radical (unpaired) electrons. The highest BCUT2D eigenvalue weighted by Crippen LogP contribution is 2.28. The standard InChI is InChI=1S/C17H20N2O2S/c20-16(18-11-15-6-3-9-22-15)19-12-17(21)8-7-13-4-1-2-5-14(13)10-17/h1-6,9,21H,7-8,10-12H2,(H2,18,19,20)/t17-/m0/s1. The van der Waals surface area contributed by atoms with Crippen LogP contribution in [0, 0.1) is 0 Å². The summed E-state index contributed by atoms with van der Waals surface area (Å²) >= 11 is 1.61. The molecule has 3 N–H and O–H groups in total. The van der Waals surface area contributed by atoms with E-state index in [9.17, 15) is 9.90 Å². The number of fused-ring (bicyclic) bond motifs is 1. The highest BCUT2D eigenvalue weighted by Gasteiger charge is 2.32. The first-order valence-electron chi connectivity index (χ1n) is 7.48. The lowest BCUT2D eigenvalue weighted by molar-refractivity contribution is 0.0291. The fourth-order valence-electron chi connectivity index (χ4n) is 2.82. The van der Waals surface area contributed by atoms with Gasteiger partial charge < -0.3 is 15.7 Å². The molecule has 2 amide bonds. The van der Waals surface area contributed by atoms with E-state index in [1.807, 2.05) is 29.6 Å². The molecule has 3 rings (SSSR count). The monoisotopic (exact) mass is 316 g/mol. The van der Waals surface area contributed by atoms with Gasteiger partial charge in [0.15, 0.2) is 0 Å². The second-order valence-electron chi connectivity index (χ2n) is 5.79. The zero-order chi connectivity index (χ0) is 15.4. The first-order valence-corrected chi connectivity index (χ1v) is 8.36. The lowest BCUT2D eigenvalue weighted by Gasteiger charge is -2.33. The van der Waals surface area contributed by atoms with E-state index < -0.39 is 5.60 Å². The molecule has 0 fully saturated rings. The molecule has 1 heterocycles. The predicted molar refractivity (Wildman–Crippen MR) is 88.0 cm³/mol. The average molecular weight is 316 g/mol. The number of rotatable bonds is 4. The van der Waals surface area contributed by atoms with Crippen LogP contribution in [0.2, 0.25) is 0 Å². The number of carbonyl (C=O) groups excluding carboxylic acids is 1. The molecule has 0 unspecified atom stereocenters. The molecule has 2 aromatic rings. The van der Waals surface area contributed by atoms with Gasteiger partial charge in [-0.1, -0.05) is 30.3 Å². The maximum absolute atomic E-state index is 11.8. The van der Waals surface area contributed by atoms with Crippen LogP contribution in [0.15, 0.2) is 41.8 Å². The SMILES string of the molecule is O=C(NCc1cccs1)NC[C@]1(O)CCc2ccccc2C1. The molecule has 1 aliphatic rings. The molecule has 1 atom stereocenters. The van der Waals surface area contributed by atoms with E-state index in [1.165, 1.54) is 11.1 Å². The van der Waals surface area contributed by atoms with Gasteiger partial charge in [-0.05, 0) is 35.4 Å². The van der Waals surface area contributed by atoms with Gasteiger partial charge in [-0.15, -0.1) is 11.3 Å². The van der Waals surface area contributed by atoms with Crippen molar-refractivity contribution in [3.05, 3.63) is 57.8 Å². The molecule has 0 saturated carbocycles. The number of thiophene rings is 1. The lowest BCUT2D eigenvalue weighted by Crippen LogP contribution is -2.49. The summed E-state index contributed by atoms with van der Waals surface area (Å²) < 4.78 is 0. The van der Waals surface area contributed by atoms with Gasteiger partial charge >= 0.3 is 6.03 Å². The highest BCUT2D eigenvalue weighted by atomic mass is 32.1. The third-order valence-corrected chi connectivity index (χ3v) is 4.96. The Morgan fingerprint density at radius 1 is 1.18 bits per heavy atom.